The molecule has 0 saturated heterocycles. The first-order valence-electron chi connectivity index (χ1n) is 4.71. The molecule has 0 aliphatic rings. The van der Waals surface area contributed by atoms with Gasteiger partial charge in [-0.2, -0.15) is 0 Å². The Bertz CT molecular complexity index is 639. The molecule has 0 saturated carbocycles. The van der Waals surface area contributed by atoms with Crippen molar-refractivity contribution in [2.75, 3.05) is 0 Å². The van der Waals surface area contributed by atoms with E-state index < -0.39 is 10.7 Å². The van der Waals surface area contributed by atoms with Crippen molar-refractivity contribution in [1.82, 2.24) is 10.2 Å². The smallest absolute Gasteiger partial charge is 0.312 e. The molecule has 1 heterocycles. The highest BCUT2D eigenvalue weighted by Gasteiger charge is 2.19. The van der Waals surface area contributed by atoms with Crippen LogP contribution in [0.15, 0.2) is 16.6 Å². The van der Waals surface area contributed by atoms with Gasteiger partial charge in [0.25, 0.3) is 0 Å². The van der Waals surface area contributed by atoms with Crippen molar-refractivity contribution in [2.45, 2.75) is 6.61 Å². The second-order valence-corrected chi connectivity index (χ2v) is 5.73. The van der Waals surface area contributed by atoms with Crippen LogP contribution in [0.2, 0.25) is 4.47 Å². The van der Waals surface area contributed by atoms with E-state index in [9.17, 15) is 14.5 Å². The standard InChI is InChI=1S/C9H4BrClFN3O3S/c10-4-1-6(15(16)17)7(2-5(4)12)18-3-8-13-14-9(11)19-8/h1-2H,3H2. The number of nitro groups is 1. The zero-order chi connectivity index (χ0) is 14.0. The predicted molar refractivity (Wildman–Crippen MR) is 70.0 cm³/mol. The maximum atomic E-state index is 13.4. The SMILES string of the molecule is O=[N+]([O-])c1cc(Br)c(F)cc1OCc1nnc(Cl)s1. The molecule has 1 aromatic heterocycles. The molecule has 2 aromatic rings. The summed E-state index contributed by atoms with van der Waals surface area (Å²) >= 11 is 9.53. The number of nitrogens with zero attached hydrogens (tertiary/aromatic N) is 3. The molecule has 0 aliphatic carbocycles. The second kappa shape index (κ2) is 5.76. The fourth-order valence-corrected chi connectivity index (χ4v) is 2.32. The lowest BCUT2D eigenvalue weighted by Crippen LogP contribution is -2.00. The van der Waals surface area contributed by atoms with Crippen LogP contribution in [0.1, 0.15) is 5.01 Å². The molecule has 0 amide bonds. The van der Waals surface area contributed by atoms with Crippen LogP contribution < -0.4 is 4.74 Å². The first kappa shape index (κ1) is 14.1. The monoisotopic (exact) mass is 367 g/mol. The fraction of sp³-hybridized carbons (Fsp3) is 0.111. The van der Waals surface area contributed by atoms with Gasteiger partial charge in [-0.05, 0) is 27.5 Å². The second-order valence-electron chi connectivity index (χ2n) is 3.23. The average molecular weight is 369 g/mol. The van der Waals surface area contributed by atoms with Crippen molar-refractivity contribution in [3.63, 3.8) is 0 Å². The van der Waals surface area contributed by atoms with Gasteiger partial charge in [-0.15, -0.1) is 10.2 Å². The third kappa shape index (κ3) is 3.37. The Morgan fingerprint density at radius 2 is 2.26 bits per heavy atom. The predicted octanol–water partition coefficient (Wildman–Crippen LogP) is 3.58. The third-order valence-corrected chi connectivity index (χ3v) is 3.59. The quantitative estimate of drug-likeness (QED) is 0.609. The van der Waals surface area contributed by atoms with Gasteiger partial charge in [0.15, 0.2) is 5.01 Å². The Hall–Kier alpha value is -1.32. The van der Waals surface area contributed by atoms with Crippen molar-refractivity contribution in [1.29, 1.82) is 0 Å². The van der Waals surface area contributed by atoms with Gasteiger partial charge in [0.1, 0.15) is 12.4 Å². The van der Waals surface area contributed by atoms with Crippen LogP contribution in [0.25, 0.3) is 0 Å². The van der Waals surface area contributed by atoms with Crippen molar-refractivity contribution < 1.29 is 14.1 Å². The number of hydrogen-bond acceptors (Lipinski definition) is 6. The maximum Gasteiger partial charge on any atom is 0.312 e. The van der Waals surface area contributed by atoms with Gasteiger partial charge in [-0.1, -0.05) is 11.3 Å². The van der Waals surface area contributed by atoms with E-state index in [1.807, 2.05) is 0 Å². The van der Waals surface area contributed by atoms with Gasteiger partial charge in [-0.3, -0.25) is 10.1 Å². The van der Waals surface area contributed by atoms with Crippen LogP contribution >= 0.6 is 38.9 Å². The van der Waals surface area contributed by atoms with E-state index in [4.69, 9.17) is 16.3 Å². The molecule has 0 bridgehead atoms. The van der Waals surface area contributed by atoms with Crippen molar-refractivity contribution >= 4 is 44.6 Å². The number of ether oxygens (including phenoxy) is 1. The highest BCUT2D eigenvalue weighted by Crippen LogP contribution is 2.33. The number of rotatable bonds is 4. The molecular formula is C9H4BrClFN3O3S. The van der Waals surface area contributed by atoms with Crippen LogP contribution in [0, 0.1) is 15.9 Å². The minimum absolute atomic E-state index is 0.00879. The van der Waals surface area contributed by atoms with Crippen molar-refractivity contribution in [3.05, 3.63) is 42.0 Å². The molecule has 2 rings (SSSR count). The Morgan fingerprint density at radius 3 is 2.84 bits per heavy atom. The number of halogens is 3. The molecule has 100 valence electrons. The Labute approximate surface area is 123 Å². The Kier molecular flexibility index (Phi) is 4.27. The third-order valence-electron chi connectivity index (χ3n) is 1.99. The lowest BCUT2D eigenvalue weighted by atomic mass is 10.3. The minimum atomic E-state index is -0.660. The van der Waals surface area contributed by atoms with Gasteiger partial charge < -0.3 is 4.74 Å². The van der Waals surface area contributed by atoms with Gasteiger partial charge >= 0.3 is 5.69 Å². The van der Waals surface area contributed by atoms with Crippen LogP contribution in [0.4, 0.5) is 10.1 Å². The molecule has 0 atom stereocenters. The summed E-state index contributed by atoms with van der Waals surface area (Å²) in [5, 5.41) is 18.5. The van der Waals surface area contributed by atoms with E-state index in [1.165, 1.54) is 0 Å². The molecule has 6 nitrogen and oxygen atoms in total. The molecule has 19 heavy (non-hydrogen) atoms. The Morgan fingerprint density at radius 1 is 1.53 bits per heavy atom. The zero-order valence-electron chi connectivity index (χ0n) is 8.97. The molecule has 0 fully saturated rings. The van der Waals surface area contributed by atoms with E-state index in [2.05, 4.69) is 26.1 Å². The van der Waals surface area contributed by atoms with E-state index in [-0.39, 0.29) is 27.0 Å². The molecule has 1 aromatic carbocycles. The summed E-state index contributed by atoms with van der Waals surface area (Å²) in [6, 6.07) is 1.97. The van der Waals surface area contributed by atoms with Crippen LogP contribution in [0.3, 0.4) is 0 Å². The molecular weight excluding hydrogens is 365 g/mol. The van der Waals surface area contributed by atoms with E-state index >= 15 is 0 Å². The highest BCUT2D eigenvalue weighted by atomic mass is 79.9. The summed E-state index contributed by atoms with van der Waals surface area (Å²) in [7, 11) is 0. The first-order chi connectivity index (χ1) is 8.97. The van der Waals surface area contributed by atoms with Crippen molar-refractivity contribution in [2.24, 2.45) is 0 Å². The van der Waals surface area contributed by atoms with Crippen LogP contribution in [-0.4, -0.2) is 15.1 Å². The average Bonchev–Trinajstić information content (AvgIpc) is 2.76. The molecule has 0 aliphatic heterocycles. The number of nitro benzene ring substituents is 1. The molecule has 0 radical (unpaired) electrons. The summed E-state index contributed by atoms with van der Waals surface area (Å²) in [4.78, 5) is 10.2. The summed E-state index contributed by atoms with van der Waals surface area (Å²) in [6.45, 7) is -0.0771. The van der Waals surface area contributed by atoms with E-state index in [0.29, 0.717) is 5.01 Å². The van der Waals surface area contributed by atoms with E-state index in [0.717, 1.165) is 23.5 Å². The largest absolute Gasteiger partial charge is 0.479 e. The van der Waals surface area contributed by atoms with Gasteiger partial charge in [0, 0.05) is 12.1 Å². The lowest BCUT2D eigenvalue weighted by Gasteiger charge is -2.05. The summed E-state index contributed by atoms with van der Waals surface area (Å²) < 4.78 is 18.8. The molecule has 10 heteroatoms. The number of hydrogen-bond donors (Lipinski definition) is 0. The fourth-order valence-electron chi connectivity index (χ4n) is 1.21. The highest BCUT2D eigenvalue weighted by molar-refractivity contribution is 9.10. The summed E-state index contributed by atoms with van der Waals surface area (Å²) in [5.74, 6) is -0.840. The lowest BCUT2D eigenvalue weighted by molar-refractivity contribution is -0.386. The minimum Gasteiger partial charge on any atom is -0.479 e. The van der Waals surface area contributed by atoms with Gasteiger partial charge in [0.05, 0.1) is 9.40 Å². The molecule has 0 unspecified atom stereocenters. The molecule has 0 N–H and O–H groups in total. The van der Waals surface area contributed by atoms with E-state index in [1.54, 1.807) is 0 Å². The zero-order valence-corrected chi connectivity index (χ0v) is 12.1. The Balaban J connectivity index is 2.23. The summed E-state index contributed by atoms with van der Waals surface area (Å²) in [6.07, 6.45) is 0. The number of aromatic nitrogens is 2. The summed E-state index contributed by atoms with van der Waals surface area (Å²) in [5.41, 5.74) is -0.344. The van der Waals surface area contributed by atoms with Gasteiger partial charge in [-0.25, -0.2) is 4.39 Å². The van der Waals surface area contributed by atoms with Gasteiger partial charge in [0.2, 0.25) is 10.2 Å². The normalized spacial score (nSPS) is 10.5. The molecule has 0 spiro atoms. The maximum absolute atomic E-state index is 13.4. The number of benzene rings is 1. The van der Waals surface area contributed by atoms with Crippen LogP contribution in [-0.2, 0) is 6.61 Å². The van der Waals surface area contributed by atoms with Crippen molar-refractivity contribution in [3.8, 4) is 5.75 Å². The van der Waals surface area contributed by atoms with Crippen LogP contribution in [0.5, 0.6) is 5.75 Å². The topological polar surface area (TPSA) is 78.2 Å². The first-order valence-corrected chi connectivity index (χ1v) is 6.70.